The van der Waals surface area contributed by atoms with Gasteiger partial charge in [-0.05, 0) is 25.1 Å². The number of hydrogen-bond donors (Lipinski definition) is 3. The van der Waals surface area contributed by atoms with Gasteiger partial charge in [-0.25, -0.2) is 9.59 Å². The monoisotopic (exact) mass is 382 g/mol. The Labute approximate surface area is 157 Å². The summed E-state index contributed by atoms with van der Waals surface area (Å²) < 4.78 is 8.44. The summed E-state index contributed by atoms with van der Waals surface area (Å²) in [6, 6.07) is 7.68. The van der Waals surface area contributed by atoms with Crippen LogP contribution in [0.3, 0.4) is 0 Å². The summed E-state index contributed by atoms with van der Waals surface area (Å²) in [5.74, 6) is 0. The number of aromatic amines is 1. The van der Waals surface area contributed by atoms with Crippen LogP contribution in [0.4, 0.5) is 0 Å². The highest BCUT2D eigenvalue weighted by atomic mass is 16.5. The van der Waals surface area contributed by atoms with Crippen molar-refractivity contribution in [3.63, 3.8) is 0 Å². The fraction of sp³-hybridized carbons (Fsp3) is 0.316. The number of aromatic nitrogens is 4. The van der Waals surface area contributed by atoms with Gasteiger partial charge in [-0.2, -0.15) is 4.98 Å². The van der Waals surface area contributed by atoms with Crippen molar-refractivity contribution >= 4 is 27.5 Å². The minimum absolute atomic E-state index is 0.167. The van der Waals surface area contributed by atoms with Crippen LogP contribution in [-0.4, -0.2) is 48.0 Å². The highest BCUT2D eigenvalue weighted by Gasteiger charge is 2.35. The van der Waals surface area contributed by atoms with Gasteiger partial charge < -0.3 is 14.9 Å². The molecule has 4 aromatic rings. The van der Waals surface area contributed by atoms with E-state index in [1.165, 1.54) is 4.57 Å². The Balaban J connectivity index is 1.79. The first-order valence-electron chi connectivity index (χ1n) is 8.97. The van der Waals surface area contributed by atoms with Crippen molar-refractivity contribution in [2.45, 2.75) is 31.8 Å². The molecule has 9 nitrogen and oxygen atoms in total. The Morgan fingerprint density at radius 2 is 2.11 bits per heavy atom. The molecular weight excluding hydrogens is 364 g/mol. The molecule has 4 heterocycles. The number of H-pyrrole nitrogens is 1. The van der Waals surface area contributed by atoms with E-state index < -0.39 is 24.1 Å². The molecule has 0 radical (unpaired) electrons. The van der Waals surface area contributed by atoms with Crippen molar-refractivity contribution < 1.29 is 14.9 Å². The molecule has 1 aliphatic rings. The van der Waals surface area contributed by atoms with E-state index in [0.29, 0.717) is 10.9 Å². The molecule has 0 amide bonds. The molecule has 3 aromatic heterocycles. The second-order valence-corrected chi connectivity index (χ2v) is 7.17. The first-order chi connectivity index (χ1) is 13.5. The maximum Gasteiger partial charge on any atom is 0.351 e. The smallest absolute Gasteiger partial charge is 0.351 e. The van der Waals surface area contributed by atoms with Crippen LogP contribution < -0.4 is 11.4 Å². The van der Waals surface area contributed by atoms with Crippen molar-refractivity contribution in [1.82, 2.24) is 18.9 Å². The van der Waals surface area contributed by atoms with E-state index in [1.807, 2.05) is 31.2 Å². The van der Waals surface area contributed by atoms with Crippen LogP contribution in [0.1, 0.15) is 18.2 Å². The van der Waals surface area contributed by atoms with Crippen molar-refractivity contribution in [2.75, 3.05) is 6.61 Å². The van der Waals surface area contributed by atoms with E-state index in [1.54, 1.807) is 10.6 Å². The van der Waals surface area contributed by atoms with Gasteiger partial charge in [0, 0.05) is 18.0 Å². The molecular formula is C19H18N4O5. The van der Waals surface area contributed by atoms with E-state index in [9.17, 15) is 19.8 Å². The molecule has 0 spiro atoms. The number of aliphatic hydroxyl groups is 2. The lowest BCUT2D eigenvalue weighted by atomic mass is 10.2. The Morgan fingerprint density at radius 1 is 1.29 bits per heavy atom. The van der Waals surface area contributed by atoms with Crippen molar-refractivity contribution in [2.24, 2.45) is 0 Å². The van der Waals surface area contributed by atoms with Crippen LogP contribution in [0.15, 0.2) is 40.1 Å². The zero-order valence-electron chi connectivity index (χ0n) is 15.0. The Morgan fingerprint density at radius 3 is 2.86 bits per heavy atom. The molecule has 1 saturated heterocycles. The maximum absolute atomic E-state index is 12.6. The first-order valence-corrected chi connectivity index (χ1v) is 8.97. The molecule has 144 valence electrons. The molecule has 1 aromatic carbocycles. The SMILES string of the molecule is Cc1ccc2c(c1)cc1c3cn([C@H]4C[C@H](O)[C@@H](CO)O4)c(=O)nc3[nH]c(=O)n21. The molecule has 3 atom stereocenters. The summed E-state index contributed by atoms with van der Waals surface area (Å²) >= 11 is 0. The van der Waals surface area contributed by atoms with E-state index in [4.69, 9.17) is 4.74 Å². The van der Waals surface area contributed by atoms with Crippen LogP contribution in [0.5, 0.6) is 0 Å². The fourth-order valence-corrected chi connectivity index (χ4v) is 3.92. The molecule has 1 fully saturated rings. The van der Waals surface area contributed by atoms with Crippen molar-refractivity contribution in [1.29, 1.82) is 0 Å². The lowest BCUT2D eigenvalue weighted by Crippen LogP contribution is -2.29. The van der Waals surface area contributed by atoms with E-state index >= 15 is 0 Å². The van der Waals surface area contributed by atoms with Crippen LogP contribution in [0.25, 0.3) is 27.5 Å². The Hall–Kier alpha value is -3.01. The summed E-state index contributed by atoms with van der Waals surface area (Å²) in [6.07, 6.45) is -0.608. The third kappa shape index (κ3) is 2.40. The van der Waals surface area contributed by atoms with E-state index in [2.05, 4.69) is 9.97 Å². The minimum Gasteiger partial charge on any atom is -0.394 e. The summed E-state index contributed by atoms with van der Waals surface area (Å²) in [6.45, 7) is 1.64. The van der Waals surface area contributed by atoms with Gasteiger partial charge in [0.1, 0.15) is 12.3 Å². The summed E-state index contributed by atoms with van der Waals surface area (Å²) in [5.41, 5.74) is 1.67. The first kappa shape index (κ1) is 17.1. The Bertz CT molecular complexity index is 1350. The number of aliphatic hydroxyl groups excluding tert-OH is 2. The van der Waals surface area contributed by atoms with Crippen LogP contribution in [-0.2, 0) is 4.74 Å². The molecule has 1 aliphatic heterocycles. The normalized spacial score (nSPS) is 22.6. The number of benzene rings is 1. The van der Waals surface area contributed by atoms with Gasteiger partial charge in [0.15, 0.2) is 5.65 Å². The number of fused-ring (bicyclic) bond motifs is 5. The molecule has 0 saturated carbocycles. The number of nitrogens with one attached hydrogen (secondary N) is 1. The molecule has 0 aliphatic carbocycles. The zero-order valence-corrected chi connectivity index (χ0v) is 15.0. The standard InChI is InChI=1S/C19H18N4O5/c1-9-2-3-12-10(4-9)5-13-11-7-22(16-6-14(25)15(8-24)28-16)18(26)20-17(11)21-19(27)23(12)13/h2-5,7,14-16,24-25H,6,8H2,1H3,(H,20,21,26,27)/t14-,15+,16+/m0/s1. The third-order valence-corrected chi connectivity index (χ3v) is 5.31. The molecule has 0 unspecified atom stereocenters. The van der Waals surface area contributed by atoms with E-state index in [0.717, 1.165) is 16.5 Å². The van der Waals surface area contributed by atoms with Gasteiger partial charge in [-0.1, -0.05) is 11.6 Å². The number of hydrogen-bond acceptors (Lipinski definition) is 6. The molecule has 28 heavy (non-hydrogen) atoms. The second-order valence-electron chi connectivity index (χ2n) is 7.17. The van der Waals surface area contributed by atoms with Gasteiger partial charge in [-0.3, -0.25) is 14.0 Å². The Kier molecular flexibility index (Phi) is 3.66. The molecule has 5 rings (SSSR count). The van der Waals surface area contributed by atoms with Gasteiger partial charge in [0.25, 0.3) is 0 Å². The van der Waals surface area contributed by atoms with Crippen LogP contribution in [0.2, 0.25) is 0 Å². The minimum atomic E-state index is -0.868. The number of rotatable bonds is 2. The number of nitrogens with zero attached hydrogens (tertiary/aromatic N) is 3. The second kappa shape index (κ2) is 5.99. The van der Waals surface area contributed by atoms with Gasteiger partial charge in [-0.15, -0.1) is 0 Å². The topological polar surface area (TPSA) is 122 Å². The quantitative estimate of drug-likeness (QED) is 0.462. The highest BCUT2D eigenvalue weighted by molar-refractivity contribution is 5.99. The highest BCUT2D eigenvalue weighted by Crippen LogP contribution is 2.29. The zero-order chi connectivity index (χ0) is 19.6. The maximum atomic E-state index is 12.6. The van der Waals surface area contributed by atoms with Crippen LogP contribution in [0, 0.1) is 6.92 Å². The number of ether oxygens (including phenoxy) is 1. The summed E-state index contributed by atoms with van der Waals surface area (Å²) in [4.78, 5) is 31.8. The molecule has 9 heteroatoms. The van der Waals surface area contributed by atoms with Gasteiger partial charge in [0.2, 0.25) is 0 Å². The summed E-state index contributed by atoms with van der Waals surface area (Å²) in [7, 11) is 0. The van der Waals surface area contributed by atoms with Gasteiger partial charge >= 0.3 is 11.4 Å². The molecule has 3 N–H and O–H groups in total. The van der Waals surface area contributed by atoms with Crippen LogP contribution >= 0.6 is 0 Å². The van der Waals surface area contributed by atoms with Crippen molar-refractivity contribution in [3.8, 4) is 0 Å². The lowest BCUT2D eigenvalue weighted by molar-refractivity contribution is -0.0457. The van der Waals surface area contributed by atoms with Gasteiger partial charge in [0.05, 0.1) is 29.1 Å². The fourth-order valence-electron chi connectivity index (χ4n) is 3.92. The number of aryl methyl sites for hydroxylation is 1. The largest absolute Gasteiger partial charge is 0.394 e. The molecule has 0 bridgehead atoms. The third-order valence-electron chi connectivity index (χ3n) is 5.31. The lowest BCUT2D eigenvalue weighted by Gasteiger charge is -2.15. The van der Waals surface area contributed by atoms with E-state index in [-0.39, 0.29) is 24.4 Å². The summed E-state index contributed by atoms with van der Waals surface area (Å²) in [5, 5.41) is 20.8. The predicted molar refractivity (Wildman–Crippen MR) is 101 cm³/mol. The van der Waals surface area contributed by atoms with Crippen molar-refractivity contribution in [3.05, 3.63) is 57.0 Å². The average molecular weight is 382 g/mol. The average Bonchev–Trinajstić information content (AvgIpc) is 3.21. The predicted octanol–water partition coefficient (Wildman–Crippen LogP) is 0.440.